The summed E-state index contributed by atoms with van der Waals surface area (Å²) in [4.78, 5) is 24.2. The number of ketones is 1. The summed E-state index contributed by atoms with van der Waals surface area (Å²) in [5.41, 5.74) is 0.839. The highest BCUT2D eigenvalue weighted by atomic mass is 79.9. The summed E-state index contributed by atoms with van der Waals surface area (Å²) in [5, 5.41) is 0. The van der Waals surface area contributed by atoms with Crippen LogP contribution in [0.4, 0.5) is 0 Å². The Kier molecular flexibility index (Phi) is 5.81. The van der Waals surface area contributed by atoms with E-state index in [1.165, 1.54) is 0 Å². The highest BCUT2D eigenvalue weighted by Crippen LogP contribution is 2.21. The average Bonchev–Trinajstić information content (AvgIpc) is 2.67. The molecule has 3 aromatic carbocycles. The molecule has 0 heterocycles. The van der Waals surface area contributed by atoms with E-state index in [0.717, 1.165) is 4.47 Å². The van der Waals surface area contributed by atoms with Crippen LogP contribution in [0.25, 0.3) is 0 Å². The lowest BCUT2D eigenvalue weighted by atomic mass is 10.1. The number of halogens is 1. The highest BCUT2D eigenvalue weighted by Gasteiger charge is 2.12. The van der Waals surface area contributed by atoms with Gasteiger partial charge in [-0.2, -0.15) is 0 Å². The van der Waals surface area contributed by atoms with Gasteiger partial charge in [-0.05, 0) is 48.5 Å². The van der Waals surface area contributed by atoms with Crippen molar-refractivity contribution in [2.75, 3.05) is 6.61 Å². The van der Waals surface area contributed by atoms with Crippen molar-refractivity contribution in [1.82, 2.24) is 0 Å². The van der Waals surface area contributed by atoms with Crippen LogP contribution in [0.3, 0.4) is 0 Å². The molecule has 0 fully saturated rings. The molecule has 0 N–H and O–H groups in total. The molecule has 4 nitrogen and oxygen atoms in total. The molecule has 0 radical (unpaired) electrons. The number of ether oxygens (including phenoxy) is 2. The van der Waals surface area contributed by atoms with Crippen molar-refractivity contribution in [3.8, 4) is 11.5 Å². The molecular weight excluding hydrogens is 396 g/mol. The second-order valence-electron chi connectivity index (χ2n) is 5.45. The molecule has 3 aromatic rings. The standard InChI is InChI=1S/C21H15BrO4/c22-17-6-4-5-16(13-17)20(23)14-25-21(24)15-9-11-19(12-10-15)26-18-7-2-1-3-8-18/h1-13H,14H2. The molecule has 0 aliphatic rings. The van der Waals surface area contributed by atoms with Gasteiger partial charge in [0.15, 0.2) is 12.4 Å². The van der Waals surface area contributed by atoms with Crippen LogP contribution in [0.5, 0.6) is 11.5 Å². The van der Waals surface area contributed by atoms with E-state index in [1.54, 1.807) is 42.5 Å². The summed E-state index contributed by atoms with van der Waals surface area (Å²) in [7, 11) is 0. The molecule has 0 unspecified atom stereocenters. The van der Waals surface area contributed by atoms with Crippen LogP contribution < -0.4 is 4.74 Å². The van der Waals surface area contributed by atoms with Crippen molar-refractivity contribution < 1.29 is 19.1 Å². The normalized spacial score (nSPS) is 10.2. The lowest BCUT2D eigenvalue weighted by Gasteiger charge is -2.07. The Morgan fingerprint density at radius 3 is 2.15 bits per heavy atom. The smallest absolute Gasteiger partial charge is 0.338 e. The molecule has 0 bridgehead atoms. The van der Waals surface area contributed by atoms with Crippen LogP contribution in [0.15, 0.2) is 83.3 Å². The summed E-state index contributed by atoms with van der Waals surface area (Å²) >= 11 is 3.31. The predicted molar refractivity (Wildman–Crippen MR) is 102 cm³/mol. The molecule has 0 amide bonds. The maximum atomic E-state index is 12.1. The lowest BCUT2D eigenvalue weighted by molar-refractivity contribution is 0.0474. The van der Waals surface area contributed by atoms with Crippen LogP contribution >= 0.6 is 15.9 Å². The van der Waals surface area contributed by atoms with Crippen LogP contribution in [-0.2, 0) is 4.74 Å². The van der Waals surface area contributed by atoms with Crippen molar-refractivity contribution in [3.63, 3.8) is 0 Å². The average molecular weight is 411 g/mol. The van der Waals surface area contributed by atoms with Crippen molar-refractivity contribution in [2.45, 2.75) is 0 Å². The number of rotatable bonds is 6. The second kappa shape index (κ2) is 8.45. The Labute approximate surface area is 159 Å². The molecule has 26 heavy (non-hydrogen) atoms. The molecule has 0 atom stereocenters. The summed E-state index contributed by atoms with van der Waals surface area (Å²) in [6.07, 6.45) is 0. The molecule has 3 rings (SSSR count). The maximum Gasteiger partial charge on any atom is 0.338 e. The van der Waals surface area contributed by atoms with Crippen molar-refractivity contribution in [3.05, 3.63) is 94.5 Å². The molecular formula is C21H15BrO4. The fourth-order valence-electron chi connectivity index (χ4n) is 2.24. The van der Waals surface area contributed by atoms with E-state index in [1.807, 2.05) is 36.4 Å². The zero-order valence-electron chi connectivity index (χ0n) is 13.7. The number of hydrogen-bond donors (Lipinski definition) is 0. The number of para-hydroxylation sites is 1. The van der Waals surface area contributed by atoms with Gasteiger partial charge in [0.05, 0.1) is 5.56 Å². The Balaban J connectivity index is 1.57. The first kappa shape index (κ1) is 17.9. The summed E-state index contributed by atoms with van der Waals surface area (Å²) in [6, 6.07) is 22.8. The van der Waals surface area contributed by atoms with Crippen LogP contribution in [0.2, 0.25) is 0 Å². The number of hydrogen-bond acceptors (Lipinski definition) is 4. The largest absolute Gasteiger partial charge is 0.457 e. The third-order valence-electron chi connectivity index (χ3n) is 3.55. The van der Waals surface area contributed by atoms with Crippen molar-refractivity contribution in [1.29, 1.82) is 0 Å². The van der Waals surface area contributed by atoms with Gasteiger partial charge in [0, 0.05) is 10.0 Å². The van der Waals surface area contributed by atoms with E-state index in [2.05, 4.69) is 15.9 Å². The van der Waals surface area contributed by atoms with Gasteiger partial charge in [0.1, 0.15) is 11.5 Å². The summed E-state index contributed by atoms with van der Waals surface area (Å²) < 4.78 is 11.6. The molecule has 0 spiro atoms. The molecule has 0 saturated heterocycles. The van der Waals surface area contributed by atoms with E-state index >= 15 is 0 Å². The SMILES string of the molecule is O=C(COC(=O)c1ccc(Oc2ccccc2)cc1)c1cccc(Br)c1. The van der Waals surface area contributed by atoms with Crippen LogP contribution in [-0.4, -0.2) is 18.4 Å². The fourth-order valence-corrected chi connectivity index (χ4v) is 2.64. The van der Waals surface area contributed by atoms with Crippen LogP contribution in [0, 0.1) is 0 Å². The zero-order chi connectivity index (χ0) is 18.4. The monoisotopic (exact) mass is 410 g/mol. The molecule has 130 valence electrons. The van der Waals surface area contributed by atoms with Gasteiger partial charge in [-0.25, -0.2) is 4.79 Å². The fraction of sp³-hybridized carbons (Fsp3) is 0.0476. The van der Waals surface area contributed by atoms with E-state index in [-0.39, 0.29) is 12.4 Å². The highest BCUT2D eigenvalue weighted by molar-refractivity contribution is 9.10. The van der Waals surface area contributed by atoms with E-state index in [0.29, 0.717) is 22.6 Å². The third kappa shape index (κ3) is 4.80. The van der Waals surface area contributed by atoms with Gasteiger partial charge in [-0.15, -0.1) is 0 Å². The molecule has 0 saturated carbocycles. The van der Waals surface area contributed by atoms with Gasteiger partial charge in [0.2, 0.25) is 0 Å². The Morgan fingerprint density at radius 1 is 0.769 bits per heavy atom. The molecule has 0 aromatic heterocycles. The predicted octanol–water partition coefficient (Wildman–Crippen LogP) is 5.28. The Hall–Kier alpha value is -2.92. The topological polar surface area (TPSA) is 52.6 Å². The number of carbonyl (C=O) groups is 2. The van der Waals surface area contributed by atoms with E-state index in [4.69, 9.17) is 9.47 Å². The minimum absolute atomic E-state index is 0.260. The Bertz CT molecular complexity index is 905. The third-order valence-corrected chi connectivity index (χ3v) is 4.04. The molecule has 0 aliphatic carbocycles. The van der Waals surface area contributed by atoms with Gasteiger partial charge >= 0.3 is 5.97 Å². The zero-order valence-corrected chi connectivity index (χ0v) is 15.3. The lowest BCUT2D eigenvalue weighted by Crippen LogP contribution is -2.14. The number of esters is 1. The Morgan fingerprint density at radius 2 is 1.46 bits per heavy atom. The molecule has 5 heteroatoms. The quantitative estimate of drug-likeness (QED) is 0.409. The molecule has 0 aliphatic heterocycles. The van der Waals surface area contributed by atoms with Crippen molar-refractivity contribution in [2.24, 2.45) is 0 Å². The summed E-state index contributed by atoms with van der Waals surface area (Å²) in [5.74, 6) is 0.503. The first-order valence-corrected chi connectivity index (χ1v) is 8.70. The minimum Gasteiger partial charge on any atom is -0.457 e. The minimum atomic E-state index is -0.556. The van der Waals surface area contributed by atoms with Gasteiger partial charge in [0.25, 0.3) is 0 Å². The van der Waals surface area contributed by atoms with Crippen molar-refractivity contribution >= 4 is 27.7 Å². The van der Waals surface area contributed by atoms with Gasteiger partial charge in [-0.1, -0.05) is 46.3 Å². The number of carbonyl (C=O) groups excluding carboxylic acids is 2. The second-order valence-corrected chi connectivity index (χ2v) is 6.36. The van der Waals surface area contributed by atoms with E-state index in [9.17, 15) is 9.59 Å². The summed E-state index contributed by atoms with van der Waals surface area (Å²) in [6.45, 7) is -0.308. The first-order valence-electron chi connectivity index (χ1n) is 7.91. The number of benzene rings is 3. The van der Waals surface area contributed by atoms with Gasteiger partial charge < -0.3 is 9.47 Å². The van der Waals surface area contributed by atoms with Gasteiger partial charge in [-0.3, -0.25) is 4.79 Å². The first-order chi connectivity index (χ1) is 12.6. The van der Waals surface area contributed by atoms with Crippen LogP contribution in [0.1, 0.15) is 20.7 Å². The number of Topliss-reactive ketones (excluding diaryl/α,β-unsaturated/α-hetero) is 1. The maximum absolute atomic E-state index is 12.1. The van der Waals surface area contributed by atoms with E-state index < -0.39 is 5.97 Å².